The maximum atomic E-state index is 12.7. The summed E-state index contributed by atoms with van der Waals surface area (Å²) in [6, 6.07) is 19.8. The Morgan fingerprint density at radius 3 is 2.39 bits per heavy atom. The topological polar surface area (TPSA) is 58.6 Å². The molecule has 0 atom stereocenters. The highest BCUT2D eigenvalue weighted by Crippen LogP contribution is 2.27. The van der Waals surface area contributed by atoms with Crippen LogP contribution in [0.3, 0.4) is 0 Å². The highest BCUT2D eigenvalue weighted by molar-refractivity contribution is 5.99. The van der Waals surface area contributed by atoms with E-state index in [9.17, 15) is 9.59 Å². The lowest BCUT2D eigenvalue weighted by atomic mass is 9.99. The molecule has 1 heterocycles. The van der Waals surface area contributed by atoms with Crippen LogP contribution in [0.25, 0.3) is 21.9 Å². The van der Waals surface area contributed by atoms with E-state index in [1.54, 1.807) is 0 Å². The molecule has 1 aliphatic rings. The summed E-state index contributed by atoms with van der Waals surface area (Å²) in [4.78, 5) is 25.8. The molecule has 142 valence electrons. The molecule has 5 nitrogen and oxygen atoms in total. The molecule has 0 bridgehead atoms. The largest absolute Gasteiger partial charge is 0.378 e. The molecule has 0 unspecified atom stereocenters. The molecular weight excluding hydrogens is 352 g/mol. The third-order valence-corrected chi connectivity index (χ3v) is 4.90. The van der Waals surface area contributed by atoms with Crippen LogP contribution in [-0.4, -0.2) is 43.0 Å². The Morgan fingerprint density at radius 2 is 1.61 bits per heavy atom. The highest BCUT2D eigenvalue weighted by Gasteiger charge is 2.18. The van der Waals surface area contributed by atoms with E-state index >= 15 is 0 Å². The summed E-state index contributed by atoms with van der Waals surface area (Å²) in [5.41, 5.74) is 3.57. The van der Waals surface area contributed by atoms with E-state index in [-0.39, 0.29) is 11.8 Å². The molecule has 2 amide bonds. The number of carbonyl (C=O) groups excluding carboxylic acids is 2. The van der Waals surface area contributed by atoms with Crippen LogP contribution in [0.5, 0.6) is 0 Å². The maximum Gasteiger partial charge on any atom is 0.254 e. The van der Waals surface area contributed by atoms with Gasteiger partial charge < -0.3 is 15.0 Å². The molecule has 4 rings (SSSR count). The number of anilines is 1. The number of fused-ring (bicyclic) bond motifs is 1. The van der Waals surface area contributed by atoms with Gasteiger partial charge >= 0.3 is 0 Å². The lowest BCUT2D eigenvalue weighted by molar-refractivity contribution is -0.114. The minimum atomic E-state index is -0.0897. The molecule has 1 fully saturated rings. The standard InChI is InChI=1S/C23H22N2O3/c1-16(26)24-22-4-2-3-17(15-22)18-5-6-20-14-21(8-7-19(20)13-18)23(27)25-9-11-28-12-10-25/h2-8,13-15H,9-12H2,1H3,(H,24,26). The SMILES string of the molecule is CC(=O)Nc1cccc(-c2ccc3cc(C(=O)N4CCOCC4)ccc3c2)c1. The molecule has 0 spiro atoms. The number of morpholine rings is 1. The predicted molar refractivity (Wildman–Crippen MR) is 110 cm³/mol. The van der Waals surface area contributed by atoms with Crippen molar-refractivity contribution in [2.75, 3.05) is 31.6 Å². The third kappa shape index (κ3) is 3.89. The Balaban J connectivity index is 1.62. The van der Waals surface area contributed by atoms with Crippen molar-refractivity contribution >= 4 is 28.3 Å². The quantitative estimate of drug-likeness (QED) is 0.755. The van der Waals surface area contributed by atoms with Crippen molar-refractivity contribution in [2.45, 2.75) is 6.92 Å². The van der Waals surface area contributed by atoms with Gasteiger partial charge in [0.2, 0.25) is 5.91 Å². The van der Waals surface area contributed by atoms with Crippen molar-refractivity contribution < 1.29 is 14.3 Å². The Kier molecular flexibility index (Phi) is 5.08. The van der Waals surface area contributed by atoms with Gasteiger partial charge in [-0.3, -0.25) is 9.59 Å². The molecule has 3 aromatic carbocycles. The van der Waals surface area contributed by atoms with Crippen LogP contribution in [0.4, 0.5) is 5.69 Å². The van der Waals surface area contributed by atoms with Crippen molar-refractivity contribution in [3.8, 4) is 11.1 Å². The zero-order valence-electron chi connectivity index (χ0n) is 15.8. The van der Waals surface area contributed by atoms with Gasteiger partial charge in [0.25, 0.3) is 5.91 Å². The predicted octanol–water partition coefficient (Wildman–Crippen LogP) is 3.94. The molecule has 0 aliphatic carbocycles. The first-order valence-electron chi connectivity index (χ1n) is 9.39. The first-order chi connectivity index (χ1) is 13.6. The first kappa shape index (κ1) is 18.2. The Bertz CT molecular complexity index is 1040. The second kappa shape index (κ2) is 7.82. The number of benzene rings is 3. The summed E-state index contributed by atoms with van der Waals surface area (Å²) in [6.45, 7) is 3.97. The van der Waals surface area contributed by atoms with Gasteiger partial charge in [-0.1, -0.05) is 30.3 Å². The molecule has 5 heteroatoms. The Labute approximate surface area is 163 Å². The van der Waals surface area contributed by atoms with E-state index in [4.69, 9.17) is 4.74 Å². The summed E-state index contributed by atoms with van der Waals surface area (Å²) in [6.07, 6.45) is 0. The van der Waals surface area contributed by atoms with Gasteiger partial charge in [-0.2, -0.15) is 0 Å². The zero-order valence-corrected chi connectivity index (χ0v) is 15.8. The number of carbonyl (C=O) groups is 2. The van der Waals surface area contributed by atoms with Gasteiger partial charge in [-0.05, 0) is 52.2 Å². The van der Waals surface area contributed by atoms with E-state index < -0.39 is 0 Å². The Hall–Kier alpha value is -3.18. The van der Waals surface area contributed by atoms with Crippen LogP contribution < -0.4 is 5.32 Å². The average Bonchev–Trinajstić information content (AvgIpc) is 2.73. The molecule has 1 aliphatic heterocycles. The van der Waals surface area contributed by atoms with Crippen LogP contribution in [0.1, 0.15) is 17.3 Å². The van der Waals surface area contributed by atoms with Crippen molar-refractivity contribution in [2.24, 2.45) is 0 Å². The molecule has 3 aromatic rings. The van der Waals surface area contributed by atoms with E-state index in [0.717, 1.165) is 27.6 Å². The first-order valence-corrected chi connectivity index (χ1v) is 9.39. The average molecular weight is 374 g/mol. The summed E-state index contributed by atoms with van der Waals surface area (Å²) in [7, 11) is 0. The van der Waals surface area contributed by atoms with E-state index in [1.807, 2.05) is 59.5 Å². The second-order valence-electron chi connectivity index (χ2n) is 6.94. The monoisotopic (exact) mass is 374 g/mol. The van der Waals surface area contributed by atoms with Crippen molar-refractivity contribution in [1.82, 2.24) is 4.90 Å². The number of ether oxygens (including phenoxy) is 1. The van der Waals surface area contributed by atoms with E-state index in [1.165, 1.54) is 6.92 Å². The van der Waals surface area contributed by atoms with Crippen molar-refractivity contribution in [3.05, 3.63) is 66.2 Å². The van der Waals surface area contributed by atoms with Crippen LogP contribution in [0.15, 0.2) is 60.7 Å². The Morgan fingerprint density at radius 1 is 0.893 bits per heavy atom. The molecular formula is C23H22N2O3. The van der Waals surface area contributed by atoms with Gasteiger partial charge in [-0.25, -0.2) is 0 Å². The van der Waals surface area contributed by atoms with Gasteiger partial charge in [-0.15, -0.1) is 0 Å². The number of hydrogen-bond acceptors (Lipinski definition) is 3. The fourth-order valence-electron chi connectivity index (χ4n) is 3.49. The van der Waals surface area contributed by atoms with Crippen molar-refractivity contribution in [1.29, 1.82) is 0 Å². The number of amides is 2. The number of hydrogen-bond donors (Lipinski definition) is 1. The van der Waals surface area contributed by atoms with Gasteiger partial charge in [0.05, 0.1) is 13.2 Å². The molecule has 28 heavy (non-hydrogen) atoms. The van der Waals surface area contributed by atoms with Gasteiger partial charge in [0.1, 0.15) is 0 Å². The lowest BCUT2D eigenvalue weighted by Gasteiger charge is -2.27. The maximum absolute atomic E-state index is 12.7. The third-order valence-electron chi connectivity index (χ3n) is 4.90. The number of nitrogens with one attached hydrogen (secondary N) is 1. The molecule has 0 radical (unpaired) electrons. The van der Waals surface area contributed by atoms with Gasteiger partial charge in [0, 0.05) is 31.3 Å². The normalized spacial score (nSPS) is 14.1. The zero-order chi connectivity index (χ0) is 19.5. The minimum absolute atomic E-state index is 0.0530. The molecule has 1 saturated heterocycles. The molecule has 0 saturated carbocycles. The summed E-state index contributed by atoms with van der Waals surface area (Å²) < 4.78 is 5.32. The lowest BCUT2D eigenvalue weighted by Crippen LogP contribution is -2.40. The molecule has 1 N–H and O–H groups in total. The smallest absolute Gasteiger partial charge is 0.254 e. The minimum Gasteiger partial charge on any atom is -0.378 e. The molecule has 0 aromatic heterocycles. The number of nitrogens with zero attached hydrogens (tertiary/aromatic N) is 1. The van der Waals surface area contributed by atoms with Crippen LogP contribution in [0.2, 0.25) is 0 Å². The van der Waals surface area contributed by atoms with Crippen LogP contribution in [-0.2, 0) is 9.53 Å². The van der Waals surface area contributed by atoms with E-state index in [2.05, 4.69) is 11.4 Å². The van der Waals surface area contributed by atoms with Crippen LogP contribution >= 0.6 is 0 Å². The second-order valence-corrected chi connectivity index (χ2v) is 6.94. The number of rotatable bonds is 3. The summed E-state index contributed by atoms with van der Waals surface area (Å²) in [5, 5.41) is 4.91. The summed E-state index contributed by atoms with van der Waals surface area (Å²) >= 11 is 0. The fourth-order valence-corrected chi connectivity index (χ4v) is 3.49. The summed E-state index contributed by atoms with van der Waals surface area (Å²) in [5.74, 6) is -0.0367. The van der Waals surface area contributed by atoms with Crippen LogP contribution in [0, 0.1) is 0 Å². The fraction of sp³-hybridized carbons (Fsp3) is 0.217. The van der Waals surface area contributed by atoms with Crippen molar-refractivity contribution in [3.63, 3.8) is 0 Å². The van der Waals surface area contributed by atoms with Gasteiger partial charge in [0.15, 0.2) is 0 Å². The van der Waals surface area contributed by atoms with E-state index in [0.29, 0.717) is 31.9 Å². The highest BCUT2D eigenvalue weighted by atomic mass is 16.5.